The molecule has 0 spiro atoms. The predicted molar refractivity (Wildman–Crippen MR) is 123 cm³/mol. The van der Waals surface area contributed by atoms with Gasteiger partial charge in [0.25, 0.3) is 11.8 Å². The van der Waals surface area contributed by atoms with E-state index in [1.165, 1.54) is 4.90 Å². The highest BCUT2D eigenvalue weighted by atomic mass is 35.5. The largest absolute Gasteiger partial charge is 0.372 e. The van der Waals surface area contributed by atoms with Crippen molar-refractivity contribution in [2.75, 3.05) is 18.0 Å². The van der Waals surface area contributed by atoms with Crippen molar-refractivity contribution in [1.29, 1.82) is 0 Å². The first-order chi connectivity index (χ1) is 14.8. The molecular formula is C24H24Cl2N2O3. The molecule has 31 heavy (non-hydrogen) atoms. The summed E-state index contributed by atoms with van der Waals surface area (Å²) in [5.74, 6) is -0.739. The topological polar surface area (TPSA) is 49.9 Å². The highest BCUT2D eigenvalue weighted by molar-refractivity contribution is 6.47. The first-order valence-corrected chi connectivity index (χ1v) is 11.1. The van der Waals surface area contributed by atoms with E-state index < -0.39 is 0 Å². The Morgan fingerprint density at radius 1 is 0.968 bits per heavy atom. The van der Waals surface area contributed by atoms with Crippen LogP contribution in [0.15, 0.2) is 48.2 Å². The van der Waals surface area contributed by atoms with Gasteiger partial charge in [-0.3, -0.25) is 9.59 Å². The van der Waals surface area contributed by atoms with E-state index in [0.29, 0.717) is 45.7 Å². The lowest BCUT2D eigenvalue weighted by atomic mass is 10.0. The lowest BCUT2D eigenvalue weighted by molar-refractivity contribution is -0.121. The number of amides is 2. The molecule has 2 aliphatic heterocycles. The third-order valence-electron chi connectivity index (χ3n) is 5.60. The van der Waals surface area contributed by atoms with Crippen LogP contribution in [-0.2, 0) is 20.7 Å². The summed E-state index contributed by atoms with van der Waals surface area (Å²) in [6.07, 6.45) is 0.735. The van der Waals surface area contributed by atoms with E-state index in [4.69, 9.17) is 27.9 Å². The lowest BCUT2D eigenvalue weighted by Gasteiger charge is -2.37. The maximum absolute atomic E-state index is 13.6. The molecule has 7 heteroatoms. The molecule has 2 unspecified atom stereocenters. The lowest BCUT2D eigenvalue weighted by Crippen LogP contribution is -2.47. The summed E-state index contributed by atoms with van der Waals surface area (Å²) in [7, 11) is 0. The fourth-order valence-electron chi connectivity index (χ4n) is 4.22. The third kappa shape index (κ3) is 4.10. The van der Waals surface area contributed by atoms with E-state index in [2.05, 4.69) is 6.92 Å². The molecule has 4 rings (SSSR count). The number of rotatable bonds is 4. The Hall–Kier alpha value is -2.34. The van der Waals surface area contributed by atoms with E-state index in [1.807, 2.05) is 43.0 Å². The highest BCUT2D eigenvalue weighted by Crippen LogP contribution is 2.39. The summed E-state index contributed by atoms with van der Waals surface area (Å²) in [6.45, 7) is 7.00. The Kier molecular flexibility index (Phi) is 6.11. The summed E-state index contributed by atoms with van der Waals surface area (Å²) in [5.41, 5.74) is 2.83. The summed E-state index contributed by atoms with van der Waals surface area (Å²) >= 11 is 12.5. The SMILES string of the molecule is CCc1ccc(N2C(=O)C(c3ccc(Cl)cc3Cl)=C(N3CC(C)OC(C)C3)C2=O)cc1. The highest BCUT2D eigenvalue weighted by Gasteiger charge is 2.44. The quantitative estimate of drug-likeness (QED) is 0.608. The fraction of sp³-hybridized carbons (Fsp3) is 0.333. The van der Waals surface area contributed by atoms with Crippen molar-refractivity contribution in [2.24, 2.45) is 0 Å². The number of hydrogen-bond acceptors (Lipinski definition) is 4. The smallest absolute Gasteiger partial charge is 0.282 e. The Labute approximate surface area is 192 Å². The molecule has 2 aliphatic rings. The van der Waals surface area contributed by atoms with Gasteiger partial charge in [0.15, 0.2) is 0 Å². The zero-order valence-corrected chi connectivity index (χ0v) is 19.2. The second-order valence-electron chi connectivity index (χ2n) is 7.98. The maximum Gasteiger partial charge on any atom is 0.282 e. The molecule has 1 saturated heterocycles. The number of ether oxygens (including phenoxy) is 1. The van der Waals surface area contributed by atoms with Crippen molar-refractivity contribution in [3.05, 3.63) is 69.3 Å². The number of hydrogen-bond donors (Lipinski definition) is 0. The number of imide groups is 1. The second-order valence-corrected chi connectivity index (χ2v) is 8.82. The average molecular weight is 459 g/mol. The molecule has 0 aliphatic carbocycles. The van der Waals surface area contributed by atoms with Crippen LogP contribution in [0.25, 0.3) is 5.57 Å². The second kappa shape index (κ2) is 8.65. The minimum absolute atomic E-state index is 0.0704. The Morgan fingerprint density at radius 3 is 2.19 bits per heavy atom. The number of carbonyl (C=O) groups excluding carboxylic acids is 2. The Balaban J connectivity index is 1.84. The monoisotopic (exact) mass is 458 g/mol. The van der Waals surface area contributed by atoms with E-state index in [0.717, 1.165) is 12.0 Å². The van der Waals surface area contributed by atoms with Crippen molar-refractivity contribution >= 4 is 46.3 Å². The summed E-state index contributed by atoms with van der Waals surface area (Å²) in [5, 5.41) is 0.798. The molecular weight excluding hydrogens is 435 g/mol. The molecule has 2 aromatic rings. The molecule has 2 amide bonds. The standard InChI is InChI=1S/C24H24Cl2N2O3/c1-4-16-5-8-18(9-6-16)28-23(29)21(19-10-7-17(25)11-20(19)26)22(24(28)30)27-12-14(2)31-15(3)13-27/h5-11,14-15H,4,12-13H2,1-3H3. The molecule has 2 atom stereocenters. The van der Waals surface area contributed by atoms with Crippen molar-refractivity contribution in [2.45, 2.75) is 39.4 Å². The number of nitrogens with zero attached hydrogens (tertiary/aromatic N) is 2. The van der Waals surface area contributed by atoms with Crippen LogP contribution in [0, 0.1) is 0 Å². The van der Waals surface area contributed by atoms with Crippen LogP contribution in [0.1, 0.15) is 31.9 Å². The van der Waals surface area contributed by atoms with E-state index in [9.17, 15) is 9.59 Å². The average Bonchev–Trinajstić information content (AvgIpc) is 2.97. The molecule has 0 aromatic heterocycles. The summed E-state index contributed by atoms with van der Waals surface area (Å²) < 4.78 is 5.84. The molecule has 162 valence electrons. The summed E-state index contributed by atoms with van der Waals surface area (Å²) in [4.78, 5) is 30.4. The van der Waals surface area contributed by atoms with Gasteiger partial charge in [-0.25, -0.2) is 4.90 Å². The molecule has 2 heterocycles. The number of aryl methyl sites for hydroxylation is 1. The number of halogens is 2. The van der Waals surface area contributed by atoms with Crippen molar-refractivity contribution in [1.82, 2.24) is 4.90 Å². The van der Waals surface area contributed by atoms with Gasteiger partial charge in [-0.05, 0) is 50.1 Å². The number of anilines is 1. The van der Waals surface area contributed by atoms with Gasteiger partial charge in [0.1, 0.15) is 5.70 Å². The van der Waals surface area contributed by atoms with Crippen LogP contribution in [0.5, 0.6) is 0 Å². The van der Waals surface area contributed by atoms with E-state index >= 15 is 0 Å². The first-order valence-electron chi connectivity index (χ1n) is 10.4. The molecule has 2 aromatic carbocycles. The van der Waals surface area contributed by atoms with Crippen LogP contribution >= 0.6 is 23.2 Å². The molecule has 0 saturated carbocycles. The molecule has 1 fully saturated rings. The van der Waals surface area contributed by atoms with Crippen molar-refractivity contribution in [3.63, 3.8) is 0 Å². The van der Waals surface area contributed by atoms with Crippen molar-refractivity contribution in [3.8, 4) is 0 Å². The van der Waals surface area contributed by atoms with Crippen LogP contribution in [0.4, 0.5) is 5.69 Å². The summed E-state index contributed by atoms with van der Waals surface area (Å²) in [6, 6.07) is 12.4. The number of benzene rings is 2. The van der Waals surface area contributed by atoms with Gasteiger partial charge in [0, 0.05) is 23.7 Å². The Bertz CT molecular complexity index is 1050. The molecule has 5 nitrogen and oxygen atoms in total. The maximum atomic E-state index is 13.6. The van der Waals surface area contributed by atoms with Gasteiger partial charge in [-0.2, -0.15) is 0 Å². The van der Waals surface area contributed by atoms with Crippen molar-refractivity contribution < 1.29 is 14.3 Å². The zero-order valence-electron chi connectivity index (χ0n) is 17.7. The fourth-order valence-corrected chi connectivity index (χ4v) is 4.73. The van der Waals surface area contributed by atoms with Gasteiger partial charge in [0.2, 0.25) is 0 Å². The van der Waals surface area contributed by atoms with E-state index in [1.54, 1.807) is 18.2 Å². The van der Waals surface area contributed by atoms with Gasteiger partial charge in [0.05, 0.1) is 28.5 Å². The Morgan fingerprint density at radius 2 is 1.61 bits per heavy atom. The predicted octanol–water partition coefficient (Wildman–Crippen LogP) is 4.95. The first kappa shape index (κ1) is 21.9. The van der Waals surface area contributed by atoms with Crippen LogP contribution in [0.2, 0.25) is 10.0 Å². The number of carbonyl (C=O) groups is 2. The van der Waals surface area contributed by atoms with Gasteiger partial charge in [-0.15, -0.1) is 0 Å². The van der Waals surface area contributed by atoms with Gasteiger partial charge >= 0.3 is 0 Å². The van der Waals surface area contributed by atoms with Gasteiger partial charge in [-0.1, -0.05) is 48.3 Å². The molecule has 0 N–H and O–H groups in total. The minimum atomic E-state index is -0.389. The zero-order chi connectivity index (χ0) is 22.3. The molecule has 0 radical (unpaired) electrons. The minimum Gasteiger partial charge on any atom is -0.372 e. The van der Waals surface area contributed by atoms with Gasteiger partial charge < -0.3 is 9.64 Å². The van der Waals surface area contributed by atoms with Crippen LogP contribution in [-0.4, -0.2) is 42.0 Å². The van der Waals surface area contributed by atoms with Crippen LogP contribution in [0.3, 0.4) is 0 Å². The normalized spacial score (nSPS) is 22.0. The number of morpholine rings is 1. The van der Waals surface area contributed by atoms with Crippen LogP contribution < -0.4 is 4.90 Å². The third-order valence-corrected chi connectivity index (χ3v) is 6.15. The molecule has 0 bridgehead atoms. The van der Waals surface area contributed by atoms with E-state index in [-0.39, 0.29) is 24.0 Å².